The summed E-state index contributed by atoms with van der Waals surface area (Å²) in [4.78, 5) is 43.1. The predicted molar refractivity (Wildman–Crippen MR) is 141 cm³/mol. The van der Waals surface area contributed by atoms with Gasteiger partial charge in [0.15, 0.2) is 0 Å². The van der Waals surface area contributed by atoms with Gasteiger partial charge in [0.25, 0.3) is 5.56 Å². The lowest BCUT2D eigenvalue weighted by molar-refractivity contribution is -0.128. The van der Waals surface area contributed by atoms with Crippen LogP contribution in [0.1, 0.15) is 51.2 Å². The van der Waals surface area contributed by atoms with Crippen LogP contribution in [-0.2, 0) is 16.0 Å². The van der Waals surface area contributed by atoms with Crippen LogP contribution in [0, 0.1) is 34.4 Å². The van der Waals surface area contributed by atoms with Crippen molar-refractivity contribution in [2.24, 2.45) is 5.92 Å². The monoisotopic (exact) mass is 529 g/mol. The molecule has 1 saturated carbocycles. The lowest BCUT2D eigenvalue weighted by atomic mass is 9.96. The predicted octanol–water partition coefficient (Wildman–Crippen LogP) is 4.03. The molecule has 0 radical (unpaired) electrons. The van der Waals surface area contributed by atoms with E-state index in [1.807, 2.05) is 6.07 Å². The van der Waals surface area contributed by atoms with Crippen molar-refractivity contribution in [1.29, 1.82) is 10.5 Å². The number of hydrogen-bond acceptors (Lipinski definition) is 6. The number of nitriles is 2. The first kappa shape index (κ1) is 26.2. The Hall–Kier alpha value is -4.44. The van der Waals surface area contributed by atoms with Crippen LogP contribution in [0.15, 0.2) is 35.1 Å². The highest BCUT2D eigenvalue weighted by atomic mass is 19.1. The molecule has 2 N–H and O–H groups in total. The van der Waals surface area contributed by atoms with E-state index >= 15 is 0 Å². The topological polar surface area (TPSA) is 139 Å². The normalized spacial score (nSPS) is 21.0. The minimum Gasteiger partial charge on any atom is -0.444 e. The largest absolute Gasteiger partial charge is 0.444 e. The number of halogens is 1. The number of H-pyrrole nitrogens is 1. The number of amides is 2. The van der Waals surface area contributed by atoms with Crippen LogP contribution in [0.3, 0.4) is 0 Å². The average Bonchev–Trinajstić information content (AvgIpc) is 3.50. The van der Waals surface area contributed by atoms with E-state index < -0.39 is 41.1 Å². The summed E-state index contributed by atoms with van der Waals surface area (Å²) in [5, 5.41) is 23.0. The summed E-state index contributed by atoms with van der Waals surface area (Å²) in [7, 11) is 0. The summed E-state index contributed by atoms with van der Waals surface area (Å²) in [6, 6.07) is 9.90. The maximum absolute atomic E-state index is 14.5. The fourth-order valence-corrected chi connectivity index (χ4v) is 5.86. The summed E-state index contributed by atoms with van der Waals surface area (Å²) in [5.74, 6) is -1.09. The Kier molecular flexibility index (Phi) is 6.51. The van der Waals surface area contributed by atoms with Crippen molar-refractivity contribution < 1.29 is 18.7 Å². The molecular formula is C29H28FN5O4. The van der Waals surface area contributed by atoms with Gasteiger partial charge in [0, 0.05) is 23.2 Å². The average molecular weight is 530 g/mol. The Balaban J connectivity index is 1.38. The lowest BCUT2D eigenvalue weighted by Gasteiger charge is -2.35. The summed E-state index contributed by atoms with van der Waals surface area (Å²) < 4.78 is 20.0. The van der Waals surface area contributed by atoms with Gasteiger partial charge < -0.3 is 15.0 Å². The standard InChI is InChI=1S/C29H28FN5O4/c1-29(2,3)39-28(38)35-19-6-5-17(12-19)25(35)27(37)33-18(14-32)8-15-4-7-20-21-10-16(13-31)11-23(30)24(21)34-26(36)22(20)9-15/h4,7,9-11,17-19,25H,5-6,8,12H2,1-3H3,(H,33,37)(H,34,36)/t17-,18?,19+,25-/m0/s1. The van der Waals surface area contributed by atoms with Crippen LogP contribution < -0.4 is 10.9 Å². The maximum Gasteiger partial charge on any atom is 0.411 e. The zero-order valence-corrected chi connectivity index (χ0v) is 21.9. The second kappa shape index (κ2) is 9.70. The number of ether oxygens (including phenoxy) is 1. The van der Waals surface area contributed by atoms with Crippen molar-refractivity contribution in [1.82, 2.24) is 15.2 Å². The van der Waals surface area contributed by atoms with Crippen LogP contribution in [0.5, 0.6) is 0 Å². The van der Waals surface area contributed by atoms with Gasteiger partial charge in [-0.15, -0.1) is 0 Å². The third-order valence-electron chi connectivity index (χ3n) is 7.45. The first-order valence-corrected chi connectivity index (χ1v) is 12.9. The number of pyridine rings is 1. The Labute approximate surface area is 224 Å². The number of carbonyl (C=O) groups excluding carboxylic acids is 2. The summed E-state index contributed by atoms with van der Waals surface area (Å²) in [5.41, 5.74) is -0.438. The third kappa shape index (κ3) is 4.90. The summed E-state index contributed by atoms with van der Waals surface area (Å²) in [6.45, 7) is 5.32. The number of benzene rings is 2. The molecule has 10 heteroatoms. The molecule has 39 heavy (non-hydrogen) atoms. The number of rotatable bonds is 4. The van der Waals surface area contributed by atoms with Gasteiger partial charge in [-0.05, 0) is 75.1 Å². The molecule has 4 atom stereocenters. The Morgan fingerprint density at radius 1 is 1.18 bits per heavy atom. The highest BCUT2D eigenvalue weighted by molar-refractivity contribution is 6.06. The molecular weight excluding hydrogens is 501 g/mol. The van der Waals surface area contributed by atoms with Crippen molar-refractivity contribution in [3.05, 3.63) is 57.6 Å². The van der Waals surface area contributed by atoms with Crippen LogP contribution in [0.4, 0.5) is 9.18 Å². The minimum absolute atomic E-state index is 0.00747. The zero-order valence-electron chi connectivity index (χ0n) is 21.9. The first-order chi connectivity index (χ1) is 18.5. The van der Waals surface area contributed by atoms with Gasteiger partial charge in [-0.3, -0.25) is 14.5 Å². The number of fused-ring (bicyclic) bond motifs is 5. The van der Waals surface area contributed by atoms with E-state index in [2.05, 4.69) is 16.4 Å². The molecule has 2 amide bonds. The van der Waals surface area contributed by atoms with E-state index in [1.54, 1.807) is 39.0 Å². The van der Waals surface area contributed by atoms with Crippen molar-refractivity contribution in [2.75, 3.05) is 0 Å². The van der Waals surface area contributed by atoms with Crippen molar-refractivity contribution >= 4 is 33.7 Å². The molecule has 5 rings (SSSR count). The van der Waals surface area contributed by atoms with Crippen LogP contribution in [0.2, 0.25) is 0 Å². The Bertz CT molecular complexity index is 1640. The molecule has 2 heterocycles. The Morgan fingerprint density at radius 3 is 2.64 bits per heavy atom. The molecule has 2 fully saturated rings. The number of likely N-dealkylation sites (tertiary alicyclic amines) is 1. The van der Waals surface area contributed by atoms with Crippen molar-refractivity contribution in [3.8, 4) is 12.1 Å². The molecule has 3 aromatic rings. The van der Waals surface area contributed by atoms with Gasteiger partial charge in [-0.2, -0.15) is 10.5 Å². The lowest BCUT2D eigenvalue weighted by Crippen LogP contribution is -2.55. The number of piperidine rings is 1. The van der Waals surface area contributed by atoms with E-state index in [-0.39, 0.29) is 34.8 Å². The first-order valence-electron chi connectivity index (χ1n) is 12.9. The van der Waals surface area contributed by atoms with Crippen molar-refractivity contribution in [2.45, 2.75) is 70.2 Å². The van der Waals surface area contributed by atoms with E-state index in [0.29, 0.717) is 16.3 Å². The van der Waals surface area contributed by atoms with Gasteiger partial charge >= 0.3 is 6.09 Å². The molecule has 2 aliphatic rings. The summed E-state index contributed by atoms with van der Waals surface area (Å²) in [6.07, 6.45) is 1.96. The number of nitrogens with zero attached hydrogens (tertiary/aromatic N) is 3. The zero-order chi connectivity index (χ0) is 28.1. The quantitative estimate of drug-likeness (QED) is 0.489. The highest BCUT2D eigenvalue weighted by Crippen LogP contribution is 2.43. The number of aromatic nitrogens is 1. The van der Waals surface area contributed by atoms with E-state index in [0.717, 1.165) is 25.3 Å². The van der Waals surface area contributed by atoms with Crippen LogP contribution >= 0.6 is 0 Å². The van der Waals surface area contributed by atoms with E-state index in [1.165, 1.54) is 11.0 Å². The fourth-order valence-electron chi connectivity index (χ4n) is 5.86. The Morgan fingerprint density at radius 2 is 1.95 bits per heavy atom. The maximum atomic E-state index is 14.5. The third-order valence-corrected chi connectivity index (χ3v) is 7.45. The molecule has 2 bridgehead atoms. The fraction of sp³-hybridized carbons (Fsp3) is 0.414. The molecule has 2 aromatic carbocycles. The molecule has 200 valence electrons. The number of aromatic amines is 1. The van der Waals surface area contributed by atoms with Crippen molar-refractivity contribution in [3.63, 3.8) is 0 Å². The second-order valence-corrected chi connectivity index (χ2v) is 11.3. The molecule has 0 spiro atoms. The molecule has 1 saturated heterocycles. The number of carbonyl (C=O) groups is 2. The van der Waals surface area contributed by atoms with Gasteiger partial charge in [-0.25, -0.2) is 9.18 Å². The molecule has 1 unspecified atom stereocenters. The smallest absolute Gasteiger partial charge is 0.411 e. The van der Waals surface area contributed by atoms with Gasteiger partial charge in [0.05, 0.1) is 23.2 Å². The van der Waals surface area contributed by atoms with E-state index in [9.17, 15) is 29.3 Å². The van der Waals surface area contributed by atoms with Crippen LogP contribution in [0.25, 0.3) is 21.7 Å². The molecule has 1 aliphatic heterocycles. The van der Waals surface area contributed by atoms with E-state index in [4.69, 9.17) is 4.74 Å². The summed E-state index contributed by atoms with van der Waals surface area (Å²) >= 11 is 0. The number of hydrogen-bond donors (Lipinski definition) is 2. The SMILES string of the molecule is CC(C)(C)OC(=O)N1[C@@H]2CC[C@@H](C2)[C@H]1C(=O)NC(C#N)Cc1ccc2c(c1)c(=O)[nH]c1c(F)cc(C#N)cc12. The molecule has 1 aliphatic carbocycles. The van der Waals surface area contributed by atoms with Gasteiger partial charge in [0.2, 0.25) is 5.91 Å². The number of nitrogens with one attached hydrogen (secondary N) is 2. The highest BCUT2D eigenvalue weighted by Gasteiger charge is 2.52. The van der Waals surface area contributed by atoms with Gasteiger partial charge in [0.1, 0.15) is 23.5 Å². The second-order valence-electron chi connectivity index (χ2n) is 11.3. The van der Waals surface area contributed by atoms with Crippen LogP contribution in [-0.4, -0.2) is 45.6 Å². The molecule has 9 nitrogen and oxygen atoms in total. The minimum atomic E-state index is -0.906. The van der Waals surface area contributed by atoms with Gasteiger partial charge in [-0.1, -0.05) is 12.1 Å². The molecule has 1 aromatic heterocycles.